The highest BCUT2D eigenvalue weighted by Gasteiger charge is 2.29. The molecule has 1 fully saturated rings. The van der Waals surface area contributed by atoms with Crippen LogP contribution in [0.1, 0.15) is 29.5 Å². The van der Waals surface area contributed by atoms with E-state index >= 15 is 0 Å². The van der Waals surface area contributed by atoms with Crippen molar-refractivity contribution in [2.24, 2.45) is 0 Å². The van der Waals surface area contributed by atoms with Gasteiger partial charge in [-0.25, -0.2) is 4.39 Å². The summed E-state index contributed by atoms with van der Waals surface area (Å²) in [5.74, 6) is -0.473. The Morgan fingerprint density at radius 3 is 2.76 bits per heavy atom. The van der Waals surface area contributed by atoms with Crippen LogP contribution in [0.4, 0.5) is 10.1 Å². The molecule has 7 heteroatoms. The minimum atomic E-state index is -0.377. The minimum Gasteiger partial charge on any atom is -0.337 e. The molecule has 4 rings (SSSR count). The number of fused-ring (bicyclic) bond motifs is 1. The molecule has 5 nitrogen and oxygen atoms in total. The second kappa shape index (κ2) is 9.37. The lowest BCUT2D eigenvalue weighted by Gasteiger charge is -2.31. The van der Waals surface area contributed by atoms with Crippen LogP contribution in [0.2, 0.25) is 0 Å². The molecule has 0 spiro atoms. The van der Waals surface area contributed by atoms with Crippen LogP contribution in [0.25, 0.3) is 0 Å². The summed E-state index contributed by atoms with van der Waals surface area (Å²) >= 11 is 0. The lowest BCUT2D eigenvalue weighted by Crippen LogP contribution is -2.45. The number of carbonyl (C=O) groups excluding carboxylic acids is 2. The molecule has 2 aromatic carbocycles. The fourth-order valence-electron chi connectivity index (χ4n) is 3.96. The van der Waals surface area contributed by atoms with Gasteiger partial charge < -0.3 is 15.5 Å². The molecule has 2 N–H and O–H groups in total. The molecule has 2 amide bonds. The van der Waals surface area contributed by atoms with E-state index in [9.17, 15) is 14.0 Å². The van der Waals surface area contributed by atoms with Gasteiger partial charge in [0.1, 0.15) is 5.82 Å². The Bertz CT molecular complexity index is 899. The Hall–Kier alpha value is -2.44. The first-order chi connectivity index (χ1) is 13.6. The Kier molecular flexibility index (Phi) is 6.87. The van der Waals surface area contributed by atoms with Crippen LogP contribution in [0, 0.1) is 5.82 Å². The number of carbonyl (C=O) groups is 2. The first-order valence-electron chi connectivity index (χ1n) is 9.77. The lowest BCUT2D eigenvalue weighted by atomic mass is 9.98. The summed E-state index contributed by atoms with van der Waals surface area (Å²) in [6.07, 6.45) is 2.74. The molecule has 1 saturated heterocycles. The number of hydrogen-bond donors (Lipinski definition) is 2. The molecule has 1 atom stereocenters. The number of nitrogens with one attached hydrogen (secondary N) is 2. The maximum Gasteiger partial charge on any atom is 0.240 e. The van der Waals surface area contributed by atoms with Crippen LogP contribution < -0.4 is 10.6 Å². The molecule has 0 saturated carbocycles. The van der Waals surface area contributed by atoms with Crippen LogP contribution in [-0.2, 0) is 29.0 Å². The van der Waals surface area contributed by atoms with Crippen molar-refractivity contribution in [1.82, 2.24) is 10.2 Å². The van der Waals surface area contributed by atoms with Crippen molar-refractivity contribution in [2.75, 3.05) is 18.4 Å². The van der Waals surface area contributed by atoms with Crippen LogP contribution in [0.15, 0.2) is 42.5 Å². The predicted octanol–water partition coefficient (Wildman–Crippen LogP) is 3.07. The molecule has 2 heterocycles. The average molecular weight is 418 g/mol. The first-order valence-corrected chi connectivity index (χ1v) is 9.77. The predicted molar refractivity (Wildman–Crippen MR) is 113 cm³/mol. The fraction of sp³-hybridized carbons (Fsp3) is 0.364. The Labute approximate surface area is 176 Å². The molecule has 0 aromatic heterocycles. The van der Waals surface area contributed by atoms with Gasteiger partial charge in [-0.3, -0.25) is 9.59 Å². The quantitative estimate of drug-likeness (QED) is 0.803. The molecule has 0 aliphatic carbocycles. The van der Waals surface area contributed by atoms with Crippen LogP contribution in [0.3, 0.4) is 0 Å². The molecule has 2 aromatic rings. The van der Waals surface area contributed by atoms with Crippen molar-refractivity contribution < 1.29 is 14.0 Å². The van der Waals surface area contributed by atoms with Gasteiger partial charge in [0.05, 0.1) is 12.5 Å². The number of amides is 2. The zero-order chi connectivity index (χ0) is 19.5. The Balaban J connectivity index is 0.00000240. The largest absolute Gasteiger partial charge is 0.337 e. The third kappa shape index (κ3) is 4.95. The van der Waals surface area contributed by atoms with E-state index in [2.05, 4.69) is 10.6 Å². The van der Waals surface area contributed by atoms with E-state index < -0.39 is 0 Å². The summed E-state index contributed by atoms with van der Waals surface area (Å²) in [4.78, 5) is 26.9. The standard InChI is InChI=1S/C22H24FN3O2.ClH/c23-19-5-2-1-4-16(19)13-21(27)25-18-8-7-15-9-11-26(14-17(15)12-18)22(28)20-6-3-10-24-20;/h1-2,4-5,7-8,12,20,24H,3,6,9-11,13-14H2,(H,25,27);1H/t20-;/m0./s1. The third-order valence-electron chi connectivity index (χ3n) is 5.48. The van der Waals surface area contributed by atoms with Gasteiger partial charge in [0.25, 0.3) is 0 Å². The third-order valence-corrected chi connectivity index (χ3v) is 5.48. The van der Waals surface area contributed by atoms with Gasteiger partial charge in [-0.05, 0) is 60.7 Å². The zero-order valence-corrected chi connectivity index (χ0v) is 16.9. The van der Waals surface area contributed by atoms with Gasteiger partial charge in [-0.2, -0.15) is 0 Å². The molecule has 2 aliphatic rings. The first kappa shape index (κ1) is 21.3. The number of benzene rings is 2. The van der Waals surface area contributed by atoms with E-state index in [1.54, 1.807) is 18.2 Å². The Morgan fingerprint density at radius 1 is 1.17 bits per heavy atom. The van der Waals surface area contributed by atoms with Crippen molar-refractivity contribution in [3.05, 3.63) is 65.0 Å². The summed E-state index contributed by atoms with van der Waals surface area (Å²) in [7, 11) is 0. The molecule has 2 aliphatic heterocycles. The molecule has 0 bridgehead atoms. The van der Waals surface area contributed by atoms with Crippen molar-refractivity contribution in [1.29, 1.82) is 0 Å². The summed E-state index contributed by atoms with van der Waals surface area (Å²) in [5.41, 5.74) is 3.31. The van der Waals surface area contributed by atoms with Crippen molar-refractivity contribution >= 4 is 29.9 Å². The molecular weight excluding hydrogens is 393 g/mol. The molecule has 29 heavy (non-hydrogen) atoms. The number of halogens is 2. The van der Waals surface area contributed by atoms with E-state index in [0.717, 1.165) is 37.9 Å². The monoisotopic (exact) mass is 417 g/mol. The van der Waals surface area contributed by atoms with E-state index in [4.69, 9.17) is 0 Å². The van der Waals surface area contributed by atoms with Gasteiger partial charge in [-0.1, -0.05) is 24.3 Å². The number of anilines is 1. The summed E-state index contributed by atoms with van der Waals surface area (Å²) in [6, 6.07) is 12.0. The number of rotatable bonds is 4. The zero-order valence-electron chi connectivity index (χ0n) is 16.1. The fourth-order valence-corrected chi connectivity index (χ4v) is 3.96. The minimum absolute atomic E-state index is 0. The number of nitrogens with zero attached hydrogens (tertiary/aromatic N) is 1. The van der Waals surface area contributed by atoms with Gasteiger partial charge in [0.15, 0.2) is 0 Å². The van der Waals surface area contributed by atoms with Crippen molar-refractivity contribution in [2.45, 2.75) is 38.3 Å². The van der Waals surface area contributed by atoms with E-state index in [1.165, 1.54) is 11.6 Å². The van der Waals surface area contributed by atoms with Crippen LogP contribution >= 0.6 is 12.4 Å². The number of hydrogen-bond acceptors (Lipinski definition) is 3. The highest BCUT2D eigenvalue weighted by Crippen LogP contribution is 2.24. The van der Waals surface area contributed by atoms with Crippen molar-refractivity contribution in [3.8, 4) is 0 Å². The van der Waals surface area contributed by atoms with Gasteiger partial charge in [0.2, 0.25) is 11.8 Å². The lowest BCUT2D eigenvalue weighted by molar-refractivity contribution is -0.134. The van der Waals surface area contributed by atoms with E-state index in [0.29, 0.717) is 17.8 Å². The smallest absolute Gasteiger partial charge is 0.240 e. The van der Waals surface area contributed by atoms with Gasteiger partial charge in [-0.15, -0.1) is 12.4 Å². The second-order valence-corrected chi connectivity index (χ2v) is 7.46. The average Bonchev–Trinajstić information content (AvgIpc) is 3.23. The van der Waals surface area contributed by atoms with Crippen LogP contribution in [0.5, 0.6) is 0 Å². The van der Waals surface area contributed by atoms with E-state index in [-0.39, 0.29) is 42.5 Å². The normalized spacial score (nSPS) is 18.0. The Morgan fingerprint density at radius 2 is 2.00 bits per heavy atom. The summed E-state index contributed by atoms with van der Waals surface area (Å²) < 4.78 is 13.7. The highest BCUT2D eigenvalue weighted by molar-refractivity contribution is 5.92. The SMILES string of the molecule is Cl.O=C(Cc1ccccc1F)Nc1ccc2c(c1)CN(C(=O)[C@@H]1CCCN1)CC2. The maximum absolute atomic E-state index is 13.7. The highest BCUT2D eigenvalue weighted by atomic mass is 35.5. The van der Waals surface area contributed by atoms with E-state index in [1.807, 2.05) is 23.1 Å². The molecule has 0 unspecified atom stereocenters. The topological polar surface area (TPSA) is 61.4 Å². The van der Waals surface area contributed by atoms with Crippen molar-refractivity contribution in [3.63, 3.8) is 0 Å². The molecule has 154 valence electrons. The van der Waals surface area contributed by atoms with Gasteiger partial charge in [0, 0.05) is 18.8 Å². The second-order valence-electron chi connectivity index (χ2n) is 7.46. The molecular formula is C22H25ClFN3O2. The molecule has 0 radical (unpaired) electrons. The van der Waals surface area contributed by atoms with Crippen LogP contribution in [-0.4, -0.2) is 35.8 Å². The summed E-state index contributed by atoms with van der Waals surface area (Å²) in [5, 5.41) is 6.11. The summed E-state index contributed by atoms with van der Waals surface area (Å²) in [6.45, 7) is 2.19. The van der Waals surface area contributed by atoms with Gasteiger partial charge >= 0.3 is 0 Å². The maximum atomic E-state index is 13.7.